The molecule has 0 N–H and O–H groups in total. The maximum absolute atomic E-state index is 13.3. The van der Waals surface area contributed by atoms with Gasteiger partial charge >= 0.3 is 5.69 Å². The molecule has 5 rings (SSSR count). The summed E-state index contributed by atoms with van der Waals surface area (Å²) >= 11 is 0. The van der Waals surface area contributed by atoms with Gasteiger partial charge in [-0.25, -0.2) is 9.78 Å². The number of hydrogen-bond acceptors (Lipinski definition) is 4. The van der Waals surface area contributed by atoms with Gasteiger partial charge in [0, 0.05) is 20.1 Å². The van der Waals surface area contributed by atoms with Crippen LogP contribution in [0, 0.1) is 0 Å². The average Bonchev–Trinajstić information content (AvgIpc) is 3.20. The van der Waals surface area contributed by atoms with E-state index < -0.39 is 0 Å². The van der Waals surface area contributed by atoms with Crippen molar-refractivity contribution in [1.82, 2.24) is 23.6 Å². The van der Waals surface area contributed by atoms with Gasteiger partial charge < -0.3 is 4.57 Å². The first-order valence-electron chi connectivity index (χ1n) is 11.9. The van der Waals surface area contributed by atoms with Crippen LogP contribution in [0.25, 0.3) is 21.9 Å². The minimum atomic E-state index is -0.349. The molecule has 3 heterocycles. The first kappa shape index (κ1) is 21.6. The normalized spacial score (nSPS) is 17.2. The third-order valence-corrected chi connectivity index (χ3v) is 7.20. The van der Waals surface area contributed by atoms with E-state index in [1.807, 2.05) is 16.7 Å². The maximum Gasteiger partial charge on any atom is 0.332 e. The number of aryl methyl sites for hydroxylation is 1. The van der Waals surface area contributed by atoms with Crippen molar-refractivity contribution < 1.29 is 0 Å². The van der Waals surface area contributed by atoms with Crippen LogP contribution in [-0.4, -0.2) is 36.2 Å². The number of imidazole rings is 1. The van der Waals surface area contributed by atoms with Gasteiger partial charge in [0.2, 0.25) is 0 Å². The molecular formula is C26H31N5O2. The first-order chi connectivity index (χ1) is 16.0. The van der Waals surface area contributed by atoms with Crippen molar-refractivity contribution in [2.75, 3.05) is 6.54 Å². The van der Waals surface area contributed by atoms with Crippen molar-refractivity contribution in [2.24, 2.45) is 14.1 Å². The molecule has 0 bridgehead atoms. The molecule has 7 nitrogen and oxygen atoms in total. The minimum absolute atomic E-state index is 0.294. The van der Waals surface area contributed by atoms with Gasteiger partial charge in [-0.15, -0.1) is 0 Å². The Morgan fingerprint density at radius 3 is 2.58 bits per heavy atom. The van der Waals surface area contributed by atoms with Crippen molar-refractivity contribution in [3.05, 3.63) is 74.7 Å². The summed E-state index contributed by atoms with van der Waals surface area (Å²) in [4.78, 5) is 33.3. The number of hydrogen-bond donors (Lipinski definition) is 0. The Bertz CT molecular complexity index is 1440. The molecule has 2 aromatic heterocycles. The van der Waals surface area contributed by atoms with E-state index in [2.05, 4.69) is 42.2 Å². The molecule has 1 atom stereocenters. The highest BCUT2D eigenvalue weighted by atomic mass is 16.2. The predicted molar refractivity (Wildman–Crippen MR) is 132 cm³/mol. The number of nitrogens with zero attached hydrogens (tertiary/aromatic N) is 5. The second-order valence-electron chi connectivity index (χ2n) is 9.16. The van der Waals surface area contributed by atoms with Gasteiger partial charge in [-0.05, 0) is 42.1 Å². The highest BCUT2D eigenvalue weighted by molar-refractivity contribution is 5.85. The smallest absolute Gasteiger partial charge is 0.317 e. The van der Waals surface area contributed by atoms with Gasteiger partial charge in [-0.1, -0.05) is 55.8 Å². The fourth-order valence-corrected chi connectivity index (χ4v) is 5.30. The molecule has 33 heavy (non-hydrogen) atoms. The summed E-state index contributed by atoms with van der Waals surface area (Å²) < 4.78 is 4.72. The quantitative estimate of drug-likeness (QED) is 0.472. The Kier molecular flexibility index (Phi) is 5.66. The second-order valence-corrected chi connectivity index (χ2v) is 9.16. The molecule has 0 unspecified atom stereocenters. The lowest BCUT2D eigenvalue weighted by Crippen LogP contribution is -2.39. The molecule has 0 spiro atoms. The first-order valence-corrected chi connectivity index (χ1v) is 11.9. The van der Waals surface area contributed by atoms with E-state index in [-0.39, 0.29) is 11.2 Å². The summed E-state index contributed by atoms with van der Waals surface area (Å²) in [5.41, 5.74) is 1.45. The van der Waals surface area contributed by atoms with Gasteiger partial charge in [-0.3, -0.25) is 18.8 Å². The Labute approximate surface area is 192 Å². The highest BCUT2D eigenvalue weighted by Gasteiger charge is 2.25. The topological polar surface area (TPSA) is 65.1 Å². The van der Waals surface area contributed by atoms with Crippen LogP contribution in [0.3, 0.4) is 0 Å². The van der Waals surface area contributed by atoms with Crippen LogP contribution in [0.2, 0.25) is 0 Å². The standard InChI is InChI=1S/C26H31N5O2/c1-4-20-13-7-8-15-30(20)17-22-27-24-23(25(32)29(3)26(33)28(24)2)31(22)16-19-12-9-11-18-10-5-6-14-21(18)19/h5-6,9-12,14,20H,4,7-8,13,15-17H2,1-3H3/t20-/m1/s1. The number of benzene rings is 2. The Hall–Kier alpha value is -3.19. The largest absolute Gasteiger partial charge is 0.332 e. The molecule has 4 aromatic rings. The Morgan fingerprint density at radius 2 is 1.76 bits per heavy atom. The average molecular weight is 446 g/mol. The van der Waals surface area contributed by atoms with Gasteiger partial charge in [0.05, 0.1) is 13.1 Å². The lowest BCUT2D eigenvalue weighted by Gasteiger charge is -2.34. The van der Waals surface area contributed by atoms with Crippen molar-refractivity contribution in [2.45, 2.75) is 51.7 Å². The van der Waals surface area contributed by atoms with E-state index in [9.17, 15) is 9.59 Å². The zero-order valence-electron chi connectivity index (χ0n) is 19.6. The predicted octanol–water partition coefficient (Wildman–Crippen LogP) is 3.40. The summed E-state index contributed by atoms with van der Waals surface area (Å²) in [6.07, 6.45) is 4.74. The fourth-order valence-electron chi connectivity index (χ4n) is 5.30. The third-order valence-electron chi connectivity index (χ3n) is 7.20. The van der Waals surface area contributed by atoms with Crippen LogP contribution in [-0.2, 0) is 27.2 Å². The number of piperidine rings is 1. The lowest BCUT2D eigenvalue weighted by atomic mass is 10.00. The van der Waals surface area contributed by atoms with Crippen LogP contribution < -0.4 is 11.2 Å². The molecule has 1 aliphatic heterocycles. The Morgan fingerprint density at radius 1 is 0.970 bits per heavy atom. The second kappa shape index (κ2) is 8.63. The third kappa shape index (κ3) is 3.70. The molecule has 1 saturated heterocycles. The maximum atomic E-state index is 13.3. The van der Waals surface area contributed by atoms with Gasteiger partial charge in [0.15, 0.2) is 11.2 Å². The molecule has 0 radical (unpaired) electrons. The van der Waals surface area contributed by atoms with Gasteiger partial charge in [0.25, 0.3) is 5.56 Å². The highest BCUT2D eigenvalue weighted by Crippen LogP contribution is 2.25. The van der Waals surface area contributed by atoms with Crippen molar-refractivity contribution in [3.8, 4) is 0 Å². The summed E-state index contributed by atoms with van der Waals surface area (Å²) in [7, 11) is 3.23. The number of fused-ring (bicyclic) bond motifs is 2. The SMILES string of the molecule is CC[C@@H]1CCCCN1Cc1nc2c(c(=O)n(C)c(=O)n2C)n1Cc1cccc2ccccc12. The molecule has 0 amide bonds. The molecule has 7 heteroatoms. The minimum Gasteiger partial charge on any atom is -0.317 e. The molecule has 1 fully saturated rings. The van der Waals surface area contributed by atoms with E-state index in [1.54, 1.807) is 7.05 Å². The monoisotopic (exact) mass is 445 g/mol. The van der Waals surface area contributed by atoms with Gasteiger partial charge in [0.1, 0.15) is 5.82 Å². The molecule has 1 aliphatic rings. The number of likely N-dealkylation sites (tertiary alicyclic amines) is 1. The van der Waals surface area contributed by atoms with E-state index in [4.69, 9.17) is 4.98 Å². The molecule has 172 valence electrons. The fraction of sp³-hybridized carbons (Fsp3) is 0.423. The van der Waals surface area contributed by atoms with E-state index in [0.717, 1.165) is 24.4 Å². The van der Waals surface area contributed by atoms with Crippen molar-refractivity contribution >= 4 is 21.9 Å². The van der Waals surface area contributed by atoms with E-state index in [0.29, 0.717) is 30.3 Å². The zero-order chi connectivity index (χ0) is 23.1. The molecule has 0 aliphatic carbocycles. The number of aromatic nitrogens is 4. The summed E-state index contributed by atoms with van der Waals surface area (Å²) in [6.45, 7) is 4.48. The van der Waals surface area contributed by atoms with Crippen molar-refractivity contribution in [1.29, 1.82) is 0 Å². The lowest BCUT2D eigenvalue weighted by molar-refractivity contribution is 0.131. The van der Waals surface area contributed by atoms with Crippen LogP contribution in [0.15, 0.2) is 52.1 Å². The summed E-state index contributed by atoms with van der Waals surface area (Å²) in [5, 5.41) is 2.34. The number of rotatable bonds is 5. The van der Waals surface area contributed by atoms with Crippen LogP contribution in [0.5, 0.6) is 0 Å². The van der Waals surface area contributed by atoms with Crippen LogP contribution in [0.1, 0.15) is 44.0 Å². The summed E-state index contributed by atoms with van der Waals surface area (Å²) in [5.74, 6) is 0.844. The van der Waals surface area contributed by atoms with Crippen LogP contribution >= 0.6 is 0 Å². The van der Waals surface area contributed by atoms with Crippen LogP contribution in [0.4, 0.5) is 0 Å². The zero-order valence-corrected chi connectivity index (χ0v) is 19.6. The van der Waals surface area contributed by atoms with E-state index >= 15 is 0 Å². The van der Waals surface area contributed by atoms with Gasteiger partial charge in [-0.2, -0.15) is 0 Å². The molecular weight excluding hydrogens is 414 g/mol. The Balaban J connectivity index is 1.70. The summed E-state index contributed by atoms with van der Waals surface area (Å²) in [6, 6.07) is 15.1. The van der Waals surface area contributed by atoms with Crippen molar-refractivity contribution in [3.63, 3.8) is 0 Å². The molecule has 0 saturated carbocycles. The molecule has 2 aromatic carbocycles. The van der Waals surface area contributed by atoms with E-state index in [1.165, 1.54) is 46.2 Å².